The Morgan fingerprint density at radius 1 is 1.52 bits per heavy atom. The van der Waals surface area contributed by atoms with Crippen molar-refractivity contribution in [3.63, 3.8) is 0 Å². The molecule has 0 saturated carbocycles. The number of amides is 1. The maximum Gasteiger partial charge on any atom is 0.224 e. The zero-order chi connectivity index (χ0) is 14.4. The molecule has 0 bridgehead atoms. The van der Waals surface area contributed by atoms with Crippen LogP contribution >= 0.6 is 12.4 Å². The predicted molar refractivity (Wildman–Crippen MR) is 84.5 cm³/mol. The standard InChI is InChI=1S/C15H25N3O2.ClH/c1-3-11(4-2)14-8-13(20-18-14)10-17-15(19)12-6-5-7-16-9-12;/h8,11-12,16H,3-7,9-10H2,1-2H3,(H,17,19);1H. The number of halogens is 1. The minimum Gasteiger partial charge on any atom is -0.359 e. The van der Waals surface area contributed by atoms with E-state index < -0.39 is 0 Å². The van der Waals surface area contributed by atoms with Gasteiger partial charge in [-0.2, -0.15) is 0 Å². The molecule has 1 saturated heterocycles. The number of nitrogens with one attached hydrogen (secondary N) is 2. The molecule has 0 aliphatic carbocycles. The molecule has 0 spiro atoms. The van der Waals surface area contributed by atoms with Crippen LogP contribution in [0.1, 0.15) is 56.9 Å². The fraction of sp³-hybridized carbons (Fsp3) is 0.733. The summed E-state index contributed by atoms with van der Waals surface area (Å²) >= 11 is 0. The Hall–Kier alpha value is -1.07. The Kier molecular flexibility index (Phi) is 7.75. The van der Waals surface area contributed by atoms with Gasteiger partial charge in [-0.1, -0.05) is 19.0 Å². The number of carbonyl (C=O) groups excluding carboxylic acids is 1. The van der Waals surface area contributed by atoms with Crippen molar-refractivity contribution < 1.29 is 9.32 Å². The van der Waals surface area contributed by atoms with Crippen molar-refractivity contribution in [1.82, 2.24) is 15.8 Å². The van der Waals surface area contributed by atoms with Crippen molar-refractivity contribution in [2.24, 2.45) is 5.92 Å². The molecule has 1 aromatic rings. The fourth-order valence-electron chi connectivity index (χ4n) is 2.71. The van der Waals surface area contributed by atoms with E-state index in [1.165, 1.54) is 0 Å². The van der Waals surface area contributed by atoms with E-state index in [9.17, 15) is 4.79 Å². The fourth-order valence-corrected chi connectivity index (χ4v) is 2.71. The molecule has 1 aliphatic rings. The number of piperidine rings is 1. The Labute approximate surface area is 132 Å². The highest BCUT2D eigenvalue weighted by Gasteiger charge is 2.21. The van der Waals surface area contributed by atoms with Crippen molar-refractivity contribution in [2.75, 3.05) is 13.1 Å². The predicted octanol–water partition coefficient (Wildman–Crippen LogP) is 2.62. The summed E-state index contributed by atoms with van der Waals surface area (Å²) in [6.45, 7) is 6.54. The first-order chi connectivity index (χ1) is 9.74. The van der Waals surface area contributed by atoms with E-state index in [0.717, 1.165) is 50.2 Å². The summed E-state index contributed by atoms with van der Waals surface area (Å²) in [5.41, 5.74) is 0.999. The largest absolute Gasteiger partial charge is 0.359 e. The molecule has 1 aromatic heterocycles. The molecule has 0 radical (unpaired) electrons. The van der Waals surface area contributed by atoms with Gasteiger partial charge in [-0.15, -0.1) is 12.4 Å². The van der Waals surface area contributed by atoms with E-state index in [-0.39, 0.29) is 24.2 Å². The topological polar surface area (TPSA) is 67.2 Å². The smallest absolute Gasteiger partial charge is 0.224 e. The first kappa shape index (κ1) is 18.0. The SMILES string of the molecule is CCC(CC)c1cc(CNC(=O)C2CCCNC2)on1.Cl. The third-order valence-corrected chi connectivity index (χ3v) is 4.09. The lowest BCUT2D eigenvalue weighted by molar-refractivity contribution is -0.125. The molecule has 1 unspecified atom stereocenters. The average molecular weight is 316 g/mol. The van der Waals surface area contributed by atoms with Crippen molar-refractivity contribution in [1.29, 1.82) is 0 Å². The van der Waals surface area contributed by atoms with Gasteiger partial charge in [0, 0.05) is 18.5 Å². The molecular weight excluding hydrogens is 290 g/mol. The van der Waals surface area contributed by atoms with E-state index in [0.29, 0.717) is 12.5 Å². The van der Waals surface area contributed by atoms with Crippen LogP contribution in [-0.4, -0.2) is 24.2 Å². The van der Waals surface area contributed by atoms with Gasteiger partial charge in [-0.05, 0) is 32.2 Å². The van der Waals surface area contributed by atoms with Gasteiger partial charge in [0.2, 0.25) is 5.91 Å². The molecular formula is C15H26ClN3O2. The van der Waals surface area contributed by atoms with E-state index >= 15 is 0 Å². The van der Waals surface area contributed by atoms with Gasteiger partial charge in [0.05, 0.1) is 18.2 Å². The van der Waals surface area contributed by atoms with Gasteiger partial charge < -0.3 is 15.2 Å². The Morgan fingerprint density at radius 3 is 2.90 bits per heavy atom. The molecule has 2 rings (SSSR count). The molecule has 2 heterocycles. The maximum absolute atomic E-state index is 12.0. The van der Waals surface area contributed by atoms with Crippen LogP contribution < -0.4 is 10.6 Å². The van der Waals surface area contributed by atoms with Crippen LogP contribution in [0.25, 0.3) is 0 Å². The summed E-state index contributed by atoms with van der Waals surface area (Å²) in [5, 5.41) is 10.3. The molecule has 2 N–H and O–H groups in total. The second-order valence-electron chi connectivity index (χ2n) is 5.49. The van der Waals surface area contributed by atoms with E-state index in [2.05, 4.69) is 29.6 Å². The van der Waals surface area contributed by atoms with Gasteiger partial charge in [0.1, 0.15) is 0 Å². The molecule has 5 nitrogen and oxygen atoms in total. The number of hydrogen-bond acceptors (Lipinski definition) is 4. The highest BCUT2D eigenvalue weighted by atomic mass is 35.5. The number of aromatic nitrogens is 1. The molecule has 21 heavy (non-hydrogen) atoms. The van der Waals surface area contributed by atoms with Gasteiger partial charge >= 0.3 is 0 Å². The van der Waals surface area contributed by atoms with E-state index in [4.69, 9.17) is 4.52 Å². The van der Waals surface area contributed by atoms with E-state index in [1.807, 2.05) is 6.07 Å². The molecule has 120 valence electrons. The molecule has 1 amide bonds. The summed E-state index contributed by atoms with van der Waals surface area (Å²) in [6, 6.07) is 1.97. The first-order valence-electron chi connectivity index (χ1n) is 7.68. The zero-order valence-electron chi connectivity index (χ0n) is 12.9. The van der Waals surface area contributed by atoms with Crippen LogP contribution in [0.15, 0.2) is 10.6 Å². The summed E-state index contributed by atoms with van der Waals surface area (Å²) in [7, 11) is 0. The third-order valence-electron chi connectivity index (χ3n) is 4.09. The highest BCUT2D eigenvalue weighted by Crippen LogP contribution is 2.22. The molecule has 1 atom stereocenters. The summed E-state index contributed by atoms with van der Waals surface area (Å²) in [5.74, 6) is 1.39. The second kappa shape index (κ2) is 9.05. The average Bonchev–Trinajstić information content (AvgIpc) is 2.96. The zero-order valence-corrected chi connectivity index (χ0v) is 13.7. The van der Waals surface area contributed by atoms with Crippen molar-refractivity contribution in [3.8, 4) is 0 Å². The minimum atomic E-state index is 0. The monoisotopic (exact) mass is 315 g/mol. The van der Waals surface area contributed by atoms with Crippen LogP contribution in [0.2, 0.25) is 0 Å². The van der Waals surface area contributed by atoms with Gasteiger partial charge in [-0.3, -0.25) is 4.79 Å². The van der Waals surface area contributed by atoms with Crippen molar-refractivity contribution >= 4 is 18.3 Å². The number of nitrogens with zero attached hydrogens (tertiary/aromatic N) is 1. The third kappa shape index (κ3) is 5.00. The maximum atomic E-state index is 12.0. The van der Waals surface area contributed by atoms with Gasteiger partial charge in [0.15, 0.2) is 5.76 Å². The Bertz CT molecular complexity index is 426. The number of rotatable bonds is 6. The minimum absolute atomic E-state index is 0. The van der Waals surface area contributed by atoms with Crippen LogP contribution in [0, 0.1) is 5.92 Å². The lowest BCUT2D eigenvalue weighted by atomic mass is 9.98. The van der Waals surface area contributed by atoms with E-state index in [1.54, 1.807) is 0 Å². The van der Waals surface area contributed by atoms with Gasteiger partial charge in [-0.25, -0.2) is 0 Å². The van der Waals surface area contributed by atoms with Crippen LogP contribution in [0.5, 0.6) is 0 Å². The van der Waals surface area contributed by atoms with Crippen LogP contribution in [-0.2, 0) is 11.3 Å². The Morgan fingerprint density at radius 2 is 2.29 bits per heavy atom. The molecule has 0 aromatic carbocycles. The first-order valence-corrected chi connectivity index (χ1v) is 7.68. The molecule has 1 fully saturated rings. The van der Waals surface area contributed by atoms with Crippen LogP contribution in [0.3, 0.4) is 0 Å². The number of carbonyl (C=O) groups is 1. The lowest BCUT2D eigenvalue weighted by Crippen LogP contribution is -2.40. The molecule has 6 heteroatoms. The summed E-state index contributed by atoms with van der Waals surface area (Å²) < 4.78 is 5.31. The second-order valence-corrected chi connectivity index (χ2v) is 5.49. The quantitative estimate of drug-likeness (QED) is 0.847. The highest BCUT2D eigenvalue weighted by molar-refractivity contribution is 5.85. The summed E-state index contributed by atoms with van der Waals surface area (Å²) in [4.78, 5) is 12.0. The van der Waals surface area contributed by atoms with Gasteiger partial charge in [0.25, 0.3) is 0 Å². The Balaban J connectivity index is 0.00000220. The van der Waals surface area contributed by atoms with Crippen molar-refractivity contribution in [2.45, 2.75) is 52.0 Å². The summed E-state index contributed by atoms with van der Waals surface area (Å²) in [6.07, 6.45) is 4.15. The van der Waals surface area contributed by atoms with Crippen molar-refractivity contribution in [3.05, 3.63) is 17.5 Å². The molecule has 1 aliphatic heterocycles. The number of hydrogen-bond donors (Lipinski definition) is 2. The lowest BCUT2D eigenvalue weighted by Gasteiger charge is -2.21. The van der Waals surface area contributed by atoms with Crippen LogP contribution in [0.4, 0.5) is 0 Å². The normalized spacial score (nSPS) is 18.3.